The molecule has 0 saturated carbocycles. The monoisotopic (exact) mass is 626 g/mol. The van der Waals surface area contributed by atoms with Gasteiger partial charge in [-0.05, 0) is 80.9 Å². The Balaban J connectivity index is 1.28. The summed E-state index contributed by atoms with van der Waals surface area (Å²) >= 11 is 0. The SMILES string of the molecule is CC1(C)c2ccccc2-n2c3ccc(N(c4cccc(-c5ccccc5)c4)c4cc5ccccc5c5ccccc45)cc3c3cccc1c32. The van der Waals surface area contributed by atoms with E-state index < -0.39 is 0 Å². The second kappa shape index (κ2) is 10.4. The van der Waals surface area contributed by atoms with Gasteiger partial charge in [-0.2, -0.15) is 0 Å². The van der Waals surface area contributed by atoms with Crippen LogP contribution in [-0.2, 0) is 5.41 Å². The van der Waals surface area contributed by atoms with Gasteiger partial charge < -0.3 is 9.47 Å². The van der Waals surface area contributed by atoms with E-state index in [9.17, 15) is 0 Å². The van der Waals surface area contributed by atoms with Crippen molar-refractivity contribution >= 4 is 60.4 Å². The van der Waals surface area contributed by atoms with Gasteiger partial charge in [0.15, 0.2) is 0 Å². The molecule has 2 heterocycles. The highest BCUT2D eigenvalue weighted by Gasteiger charge is 2.35. The molecule has 0 amide bonds. The van der Waals surface area contributed by atoms with Crippen molar-refractivity contribution in [3.63, 3.8) is 0 Å². The smallest absolute Gasteiger partial charge is 0.0582 e. The third-order valence-electron chi connectivity index (χ3n) is 10.7. The third-order valence-corrected chi connectivity index (χ3v) is 10.7. The van der Waals surface area contributed by atoms with Crippen LogP contribution in [0.1, 0.15) is 25.0 Å². The zero-order chi connectivity index (χ0) is 32.7. The molecule has 0 aliphatic carbocycles. The van der Waals surface area contributed by atoms with Crippen LogP contribution in [0.15, 0.2) is 170 Å². The first kappa shape index (κ1) is 27.9. The number of hydrogen-bond acceptors (Lipinski definition) is 1. The van der Waals surface area contributed by atoms with E-state index in [1.165, 1.54) is 77.0 Å². The molecule has 0 fully saturated rings. The summed E-state index contributed by atoms with van der Waals surface area (Å²) in [5.41, 5.74) is 12.3. The highest BCUT2D eigenvalue weighted by molar-refractivity contribution is 6.16. The molecule has 0 spiro atoms. The first-order valence-corrected chi connectivity index (χ1v) is 17.1. The minimum atomic E-state index is -0.1000. The van der Waals surface area contributed by atoms with Gasteiger partial charge in [0.25, 0.3) is 0 Å². The van der Waals surface area contributed by atoms with Crippen molar-refractivity contribution < 1.29 is 0 Å². The maximum Gasteiger partial charge on any atom is 0.0582 e. The predicted molar refractivity (Wildman–Crippen MR) is 208 cm³/mol. The van der Waals surface area contributed by atoms with Gasteiger partial charge >= 0.3 is 0 Å². The zero-order valence-corrected chi connectivity index (χ0v) is 27.6. The van der Waals surface area contributed by atoms with Crippen LogP contribution >= 0.6 is 0 Å². The molecule has 0 radical (unpaired) electrons. The molecule has 9 aromatic rings. The Kier molecular flexibility index (Phi) is 5.95. The fraction of sp³-hybridized carbons (Fsp3) is 0.0638. The summed E-state index contributed by atoms with van der Waals surface area (Å²) in [4.78, 5) is 2.46. The maximum absolute atomic E-state index is 2.50. The molecule has 1 aliphatic rings. The number of hydrogen-bond donors (Lipinski definition) is 0. The quantitative estimate of drug-likeness (QED) is 0.176. The molecular formula is C47H34N2. The number of rotatable bonds is 4. The van der Waals surface area contributed by atoms with Gasteiger partial charge in [-0.15, -0.1) is 0 Å². The number of fused-ring (bicyclic) bond motifs is 8. The van der Waals surface area contributed by atoms with Crippen molar-refractivity contribution in [1.29, 1.82) is 0 Å². The van der Waals surface area contributed by atoms with Crippen LogP contribution in [0.25, 0.3) is 60.2 Å². The molecule has 0 bridgehead atoms. The molecular weight excluding hydrogens is 593 g/mol. The van der Waals surface area contributed by atoms with Gasteiger partial charge in [0.1, 0.15) is 0 Å². The summed E-state index contributed by atoms with van der Waals surface area (Å²) in [7, 11) is 0. The molecule has 0 unspecified atom stereocenters. The van der Waals surface area contributed by atoms with E-state index in [0.717, 1.165) is 11.4 Å². The molecule has 0 N–H and O–H groups in total. The van der Waals surface area contributed by atoms with Crippen molar-refractivity contribution in [2.45, 2.75) is 19.3 Å². The lowest BCUT2D eigenvalue weighted by molar-refractivity contribution is 0.630. The van der Waals surface area contributed by atoms with Crippen molar-refractivity contribution in [1.82, 2.24) is 4.57 Å². The summed E-state index contributed by atoms with van der Waals surface area (Å²) < 4.78 is 2.50. The molecule has 1 aromatic heterocycles. The first-order valence-electron chi connectivity index (χ1n) is 17.1. The van der Waals surface area contributed by atoms with Gasteiger partial charge in [0, 0.05) is 32.9 Å². The third kappa shape index (κ3) is 4.07. The van der Waals surface area contributed by atoms with Crippen LogP contribution in [0.3, 0.4) is 0 Å². The van der Waals surface area contributed by atoms with Crippen molar-refractivity contribution in [3.8, 4) is 16.8 Å². The van der Waals surface area contributed by atoms with E-state index in [0.29, 0.717) is 0 Å². The lowest BCUT2D eigenvalue weighted by Gasteiger charge is -2.34. The van der Waals surface area contributed by atoms with Crippen LogP contribution in [0.5, 0.6) is 0 Å². The topological polar surface area (TPSA) is 8.17 Å². The van der Waals surface area contributed by atoms with Gasteiger partial charge in [0.2, 0.25) is 0 Å². The number of aromatic nitrogens is 1. The van der Waals surface area contributed by atoms with Crippen LogP contribution in [-0.4, -0.2) is 4.57 Å². The van der Waals surface area contributed by atoms with Crippen LogP contribution < -0.4 is 4.90 Å². The average molecular weight is 627 g/mol. The fourth-order valence-electron chi connectivity index (χ4n) is 8.39. The number of para-hydroxylation sites is 2. The molecule has 49 heavy (non-hydrogen) atoms. The Morgan fingerprint density at radius 3 is 1.98 bits per heavy atom. The predicted octanol–water partition coefficient (Wildman–Crippen LogP) is 12.9. The lowest BCUT2D eigenvalue weighted by atomic mass is 9.75. The van der Waals surface area contributed by atoms with Crippen molar-refractivity contribution in [3.05, 3.63) is 181 Å². The van der Waals surface area contributed by atoms with Crippen molar-refractivity contribution in [2.75, 3.05) is 4.90 Å². The van der Waals surface area contributed by atoms with Gasteiger partial charge in [-0.25, -0.2) is 0 Å². The van der Waals surface area contributed by atoms with Gasteiger partial charge in [-0.3, -0.25) is 0 Å². The van der Waals surface area contributed by atoms with E-state index in [2.05, 4.69) is 193 Å². The molecule has 232 valence electrons. The average Bonchev–Trinajstić information content (AvgIpc) is 3.49. The Labute approximate surface area is 286 Å². The van der Waals surface area contributed by atoms with Gasteiger partial charge in [0.05, 0.1) is 22.4 Å². The van der Waals surface area contributed by atoms with Crippen molar-refractivity contribution in [2.24, 2.45) is 0 Å². The number of anilines is 3. The minimum absolute atomic E-state index is 0.1000. The normalized spacial score (nSPS) is 13.3. The lowest BCUT2D eigenvalue weighted by Crippen LogP contribution is -2.26. The van der Waals surface area contributed by atoms with Gasteiger partial charge in [-0.1, -0.05) is 141 Å². The molecule has 0 atom stereocenters. The Morgan fingerprint density at radius 1 is 0.449 bits per heavy atom. The first-order chi connectivity index (χ1) is 24.1. The molecule has 2 nitrogen and oxygen atoms in total. The Morgan fingerprint density at radius 2 is 1.10 bits per heavy atom. The summed E-state index contributed by atoms with van der Waals surface area (Å²) in [6.07, 6.45) is 0. The molecule has 2 heteroatoms. The fourth-order valence-corrected chi connectivity index (χ4v) is 8.39. The number of benzene rings is 8. The van der Waals surface area contributed by atoms with E-state index in [4.69, 9.17) is 0 Å². The van der Waals surface area contributed by atoms with E-state index in [-0.39, 0.29) is 5.41 Å². The standard InChI is InChI=1S/C47H34N2/c1-47(2)41-23-10-11-25-44(41)49-43-27-26-35(30-40(43)39-22-13-24-42(47)46(39)49)48(34-18-12-17-32(28-34)31-14-4-3-5-15-31)45-29-33-16-6-7-19-36(33)37-20-8-9-21-38(37)45/h3-30H,1-2H3. The summed E-state index contributed by atoms with van der Waals surface area (Å²) in [6, 6.07) is 62.4. The number of nitrogens with zero attached hydrogens (tertiary/aromatic N) is 2. The summed E-state index contributed by atoms with van der Waals surface area (Å²) in [5.74, 6) is 0. The van der Waals surface area contributed by atoms with Crippen LogP contribution in [0, 0.1) is 0 Å². The molecule has 10 rings (SSSR count). The van der Waals surface area contributed by atoms with Crippen LogP contribution in [0.4, 0.5) is 17.1 Å². The second-order valence-electron chi connectivity index (χ2n) is 13.8. The zero-order valence-electron chi connectivity index (χ0n) is 27.6. The summed E-state index contributed by atoms with van der Waals surface area (Å²) in [5, 5.41) is 7.53. The molecule has 8 aromatic carbocycles. The minimum Gasteiger partial charge on any atom is -0.310 e. The maximum atomic E-state index is 2.50. The van der Waals surface area contributed by atoms with Crippen LogP contribution in [0.2, 0.25) is 0 Å². The summed E-state index contributed by atoms with van der Waals surface area (Å²) in [6.45, 7) is 4.72. The largest absolute Gasteiger partial charge is 0.310 e. The Hall–Kier alpha value is -6.12. The van der Waals surface area contributed by atoms with E-state index >= 15 is 0 Å². The second-order valence-corrected chi connectivity index (χ2v) is 13.8. The highest BCUT2D eigenvalue weighted by atomic mass is 15.1. The van der Waals surface area contributed by atoms with E-state index in [1.54, 1.807) is 0 Å². The highest BCUT2D eigenvalue weighted by Crippen LogP contribution is 2.49. The molecule has 1 aliphatic heterocycles. The Bertz CT molecular complexity index is 2750. The molecule has 0 saturated heterocycles. The van der Waals surface area contributed by atoms with E-state index in [1.807, 2.05) is 0 Å².